The van der Waals surface area contributed by atoms with Gasteiger partial charge in [0.15, 0.2) is 0 Å². The van der Waals surface area contributed by atoms with Gasteiger partial charge in [-0.25, -0.2) is 14.4 Å². The highest BCUT2D eigenvalue weighted by atomic mass is 16.6. The van der Waals surface area contributed by atoms with Crippen molar-refractivity contribution in [3.63, 3.8) is 0 Å². The average Bonchev–Trinajstić information content (AvgIpc) is 3.60. The van der Waals surface area contributed by atoms with Gasteiger partial charge in [-0.05, 0) is 67.8 Å². The van der Waals surface area contributed by atoms with Crippen molar-refractivity contribution in [2.45, 2.75) is 24.9 Å². The molecule has 8 nitrogen and oxygen atoms in total. The van der Waals surface area contributed by atoms with Crippen LogP contribution in [0.15, 0.2) is 115 Å². The Kier molecular flexibility index (Phi) is 8.14. The number of fused-ring (bicyclic) bond motifs is 6. The number of rotatable bonds is 9. The standard InChI is InChI=1S/C39H32N2O6/c42-37(43)26-18-24(20-40-38(44)46-22-35-31-13-5-1-9-27(31)28-10-2-6-14-32(28)35)17-25(19-26)21-41-39(45)47-23-36-33-15-7-3-11-29(33)30-12-4-8-16-34(30)36/h1-19,35-36H,20-23H2,(H,40,44)(H,41,45)(H,42,43). The molecule has 5 aromatic rings. The number of hydrogen-bond acceptors (Lipinski definition) is 5. The third kappa shape index (κ3) is 6.05. The van der Waals surface area contributed by atoms with Crippen LogP contribution in [0.2, 0.25) is 0 Å². The first kappa shape index (κ1) is 29.8. The number of carboxylic acids is 1. The molecule has 234 valence electrons. The van der Waals surface area contributed by atoms with Crippen LogP contribution in [0.5, 0.6) is 0 Å². The van der Waals surface area contributed by atoms with Gasteiger partial charge in [-0.15, -0.1) is 0 Å². The van der Waals surface area contributed by atoms with E-state index in [0.717, 1.165) is 44.5 Å². The molecule has 0 aliphatic heterocycles. The molecule has 0 fully saturated rings. The molecule has 0 unspecified atom stereocenters. The molecule has 7 rings (SSSR count). The molecule has 0 saturated carbocycles. The number of carboxylic acid groups (broad SMARTS) is 1. The summed E-state index contributed by atoms with van der Waals surface area (Å²) in [6, 6.07) is 37.1. The number of ether oxygens (including phenoxy) is 2. The first-order valence-corrected chi connectivity index (χ1v) is 15.5. The van der Waals surface area contributed by atoms with Gasteiger partial charge in [-0.1, -0.05) is 103 Å². The Morgan fingerprint density at radius 2 is 0.872 bits per heavy atom. The second-order valence-corrected chi connectivity index (χ2v) is 11.7. The van der Waals surface area contributed by atoms with Crippen LogP contribution in [0, 0.1) is 0 Å². The van der Waals surface area contributed by atoms with Crippen LogP contribution in [0.3, 0.4) is 0 Å². The van der Waals surface area contributed by atoms with Crippen molar-refractivity contribution in [2.75, 3.05) is 13.2 Å². The molecule has 2 aliphatic carbocycles. The Labute approximate surface area is 272 Å². The number of carbonyl (C=O) groups is 3. The second-order valence-electron chi connectivity index (χ2n) is 11.7. The van der Waals surface area contributed by atoms with E-state index in [4.69, 9.17) is 9.47 Å². The van der Waals surface area contributed by atoms with Crippen molar-refractivity contribution in [1.29, 1.82) is 0 Å². The molecule has 47 heavy (non-hydrogen) atoms. The van der Waals surface area contributed by atoms with E-state index in [2.05, 4.69) is 59.2 Å². The summed E-state index contributed by atoms with van der Waals surface area (Å²) in [5, 5.41) is 15.2. The number of carbonyl (C=O) groups excluding carboxylic acids is 2. The zero-order chi connectivity index (χ0) is 32.3. The van der Waals surface area contributed by atoms with E-state index in [-0.39, 0.29) is 43.7 Å². The van der Waals surface area contributed by atoms with Crippen LogP contribution in [0.25, 0.3) is 22.3 Å². The highest BCUT2D eigenvalue weighted by Gasteiger charge is 2.30. The van der Waals surface area contributed by atoms with Crippen LogP contribution < -0.4 is 10.6 Å². The monoisotopic (exact) mass is 624 g/mol. The lowest BCUT2D eigenvalue weighted by atomic mass is 9.98. The van der Waals surface area contributed by atoms with Gasteiger partial charge >= 0.3 is 18.2 Å². The molecular formula is C39H32N2O6. The quantitative estimate of drug-likeness (QED) is 0.157. The summed E-state index contributed by atoms with van der Waals surface area (Å²) in [6.45, 7) is 0.445. The average molecular weight is 625 g/mol. The van der Waals surface area contributed by atoms with Gasteiger partial charge in [0, 0.05) is 24.9 Å². The van der Waals surface area contributed by atoms with Gasteiger partial charge in [-0.3, -0.25) is 0 Å². The molecule has 5 aromatic carbocycles. The van der Waals surface area contributed by atoms with Gasteiger partial charge in [0.05, 0.1) is 5.56 Å². The third-order valence-corrected chi connectivity index (χ3v) is 8.86. The van der Waals surface area contributed by atoms with Crippen molar-refractivity contribution in [3.05, 3.63) is 154 Å². The summed E-state index contributed by atoms with van der Waals surface area (Å²) in [7, 11) is 0. The van der Waals surface area contributed by atoms with E-state index < -0.39 is 18.2 Å². The minimum Gasteiger partial charge on any atom is -0.478 e. The van der Waals surface area contributed by atoms with Crippen LogP contribution in [0.4, 0.5) is 9.59 Å². The fourth-order valence-electron chi connectivity index (χ4n) is 6.74. The highest BCUT2D eigenvalue weighted by Crippen LogP contribution is 2.45. The predicted molar refractivity (Wildman–Crippen MR) is 177 cm³/mol. The fourth-order valence-corrected chi connectivity index (χ4v) is 6.74. The van der Waals surface area contributed by atoms with E-state index >= 15 is 0 Å². The van der Waals surface area contributed by atoms with Crippen LogP contribution >= 0.6 is 0 Å². The Bertz CT molecular complexity index is 1780. The smallest absolute Gasteiger partial charge is 0.407 e. The molecule has 0 heterocycles. The third-order valence-electron chi connectivity index (χ3n) is 8.86. The van der Waals surface area contributed by atoms with Gasteiger partial charge in [0.1, 0.15) is 13.2 Å². The molecule has 0 bridgehead atoms. The summed E-state index contributed by atoms with van der Waals surface area (Å²) in [6.07, 6.45) is -1.21. The van der Waals surface area contributed by atoms with Crippen LogP contribution in [0.1, 0.15) is 55.6 Å². The van der Waals surface area contributed by atoms with Crippen molar-refractivity contribution in [2.24, 2.45) is 0 Å². The number of benzene rings is 5. The zero-order valence-electron chi connectivity index (χ0n) is 25.4. The SMILES string of the molecule is O=C(NCc1cc(CNC(=O)OCC2c3ccccc3-c3ccccc32)cc(C(=O)O)c1)OCC1c2ccccc2-c2ccccc21. The van der Waals surface area contributed by atoms with E-state index in [0.29, 0.717) is 11.1 Å². The Morgan fingerprint density at radius 1 is 0.532 bits per heavy atom. The molecule has 2 amide bonds. The van der Waals surface area contributed by atoms with Crippen molar-refractivity contribution >= 4 is 18.2 Å². The lowest BCUT2D eigenvalue weighted by molar-refractivity contribution is 0.0696. The predicted octanol–water partition coefficient (Wildman–Crippen LogP) is 7.46. The van der Waals surface area contributed by atoms with E-state index in [1.807, 2.05) is 48.5 Å². The molecule has 3 N–H and O–H groups in total. The Morgan fingerprint density at radius 3 is 1.21 bits per heavy atom. The maximum absolute atomic E-state index is 12.7. The van der Waals surface area contributed by atoms with Crippen LogP contribution in [-0.2, 0) is 22.6 Å². The molecular weight excluding hydrogens is 592 g/mol. The Balaban J connectivity index is 0.948. The van der Waals surface area contributed by atoms with E-state index in [1.165, 1.54) is 12.1 Å². The van der Waals surface area contributed by atoms with E-state index in [1.54, 1.807) is 6.07 Å². The summed E-state index contributed by atoms with van der Waals surface area (Å²) in [5.41, 5.74) is 10.2. The molecule has 0 aromatic heterocycles. The van der Waals surface area contributed by atoms with Gasteiger partial charge < -0.3 is 25.2 Å². The van der Waals surface area contributed by atoms with Crippen molar-refractivity contribution in [3.8, 4) is 22.3 Å². The normalized spacial score (nSPS) is 12.8. The van der Waals surface area contributed by atoms with Gasteiger partial charge in [-0.2, -0.15) is 0 Å². The largest absolute Gasteiger partial charge is 0.478 e. The second kappa shape index (κ2) is 12.8. The van der Waals surface area contributed by atoms with Gasteiger partial charge in [0.25, 0.3) is 0 Å². The first-order valence-electron chi connectivity index (χ1n) is 15.5. The highest BCUT2D eigenvalue weighted by molar-refractivity contribution is 5.88. The fraction of sp³-hybridized carbons (Fsp3) is 0.154. The van der Waals surface area contributed by atoms with Crippen molar-refractivity contribution in [1.82, 2.24) is 10.6 Å². The number of nitrogens with one attached hydrogen (secondary N) is 2. The molecule has 0 atom stereocenters. The van der Waals surface area contributed by atoms with Crippen molar-refractivity contribution < 1.29 is 29.0 Å². The van der Waals surface area contributed by atoms with Gasteiger partial charge in [0.2, 0.25) is 0 Å². The molecule has 2 aliphatic rings. The van der Waals surface area contributed by atoms with Crippen LogP contribution in [-0.4, -0.2) is 36.5 Å². The number of alkyl carbamates (subject to hydrolysis) is 2. The summed E-state index contributed by atoms with van der Waals surface area (Å²) in [5.74, 6) is -1.26. The Hall–Kier alpha value is -5.89. The topological polar surface area (TPSA) is 114 Å². The minimum atomic E-state index is -1.12. The lowest BCUT2D eigenvalue weighted by Crippen LogP contribution is -2.27. The molecule has 0 spiro atoms. The number of hydrogen-bond donors (Lipinski definition) is 3. The molecule has 0 saturated heterocycles. The summed E-state index contributed by atoms with van der Waals surface area (Å²) < 4.78 is 11.2. The first-order chi connectivity index (χ1) is 23.0. The van der Waals surface area contributed by atoms with E-state index in [9.17, 15) is 19.5 Å². The molecule has 0 radical (unpaired) electrons. The maximum Gasteiger partial charge on any atom is 0.407 e. The minimum absolute atomic E-state index is 0.0428. The summed E-state index contributed by atoms with van der Waals surface area (Å²) >= 11 is 0. The molecule has 8 heteroatoms. The lowest BCUT2D eigenvalue weighted by Gasteiger charge is -2.15. The summed E-state index contributed by atoms with van der Waals surface area (Å²) in [4.78, 5) is 37.3. The number of aromatic carboxylic acids is 1. The maximum atomic E-state index is 12.7. The number of amides is 2. The zero-order valence-corrected chi connectivity index (χ0v) is 25.4.